The minimum absolute atomic E-state index is 0.699. The van der Waals surface area contributed by atoms with Crippen LogP contribution in [0.5, 0.6) is 11.5 Å². The maximum Gasteiger partial charge on any atom is 0.161 e. The van der Waals surface area contributed by atoms with Gasteiger partial charge in [-0.2, -0.15) is 5.10 Å². The molecule has 124 valence electrons. The van der Waals surface area contributed by atoms with Crippen molar-refractivity contribution in [3.05, 3.63) is 30.0 Å². The van der Waals surface area contributed by atoms with Gasteiger partial charge in [-0.15, -0.1) is 0 Å². The molecule has 5 heteroatoms. The van der Waals surface area contributed by atoms with Gasteiger partial charge in [0.25, 0.3) is 0 Å². The van der Waals surface area contributed by atoms with E-state index in [1.54, 1.807) is 0 Å². The van der Waals surface area contributed by atoms with Crippen LogP contribution in [-0.4, -0.2) is 29.5 Å². The van der Waals surface area contributed by atoms with Crippen LogP contribution >= 0.6 is 0 Å². The summed E-state index contributed by atoms with van der Waals surface area (Å²) in [5.41, 5.74) is 3.28. The zero-order chi connectivity index (χ0) is 16.1. The Morgan fingerprint density at radius 1 is 1.22 bits per heavy atom. The Balaban J connectivity index is 1.82. The summed E-state index contributed by atoms with van der Waals surface area (Å²) in [4.78, 5) is 0. The Kier molecular flexibility index (Phi) is 5.18. The number of benzene rings is 1. The number of hydrogen-bond acceptors (Lipinski definition) is 4. The van der Waals surface area contributed by atoms with Crippen LogP contribution in [0.15, 0.2) is 24.4 Å². The zero-order valence-corrected chi connectivity index (χ0v) is 14.0. The van der Waals surface area contributed by atoms with Gasteiger partial charge in [0.2, 0.25) is 0 Å². The van der Waals surface area contributed by atoms with Crippen LogP contribution in [-0.2, 0) is 13.6 Å². The summed E-state index contributed by atoms with van der Waals surface area (Å²) < 4.78 is 13.4. The van der Waals surface area contributed by atoms with E-state index < -0.39 is 0 Å². The lowest BCUT2D eigenvalue weighted by molar-refractivity contribution is 0.297. The van der Waals surface area contributed by atoms with E-state index in [4.69, 9.17) is 9.47 Å². The molecule has 1 aliphatic rings. The quantitative estimate of drug-likeness (QED) is 0.832. The number of nitrogens with one attached hydrogen (secondary N) is 1. The van der Waals surface area contributed by atoms with Crippen molar-refractivity contribution < 1.29 is 9.47 Å². The fourth-order valence-electron chi connectivity index (χ4n) is 2.75. The molecule has 0 radical (unpaired) electrons. The van der Waals surface area contributed by atoms with Gasteiger partial charge in [-0.1, -0.05) is 13.3 Å². The molecule has 0 fully saturated rings. The highest BCUT2D eigenvalue weighted by molar-refractivity contribution is 5.66. The van der Waals surface area contributed by atoms with Crippen LogP contribution < -0.4 is 14.8 Å². The Bertz CT molecular complexity index is 652. The number of fused-ring (bicyclic) bond motifs is 1. The predicted octanol–water partition coefficient (Wildman–Crippen LogP) is 3.14. The summed E-state index contributed by atoms with van der Waals surface area (Å²) in [6, 6.07) is 6.09. The lowest BCUT2D eigenvalue weighted by Gasteiger charge is -2.09. The first-order valence-corrected chi connectivity index (χ1v) is 8.41. The van der Waals surface area contributed by atoms with E-state index >= 15 is 0 Å². The monoisotopic (exact) mass is 315 g/mol. The smallest absolute Gasteiger partial charge is 0.161 e. The molecule has 0 unspecified atom stereocenters. The molecule has 3 rings (SSSR count). The SMILES string of the molecule is CCCCNCc1cn(C)nc1-c1ccc2c(c1)OCCCO2. The topological polar surface area (TPSA) is 48.3 Å². The van der Waals surface area contributed by atoms with Gasteiger partial charge in [-0.25, -0.2) is 0 Å². The van der Waals surface area contributed by atoms with Crippen molar-refractivity contribution in [2.24, 2.45) is 7.05 Å². The largest absolute Gasteiger partial charge is 0.490 e. The summed E-state index contributed by atoms with van der Waals surface area (Å²) >= 11 is 0. The van der Waals surface area contributed by atoms with Crippen molar-refractivity contribution in [2.75, 3.05) is 19.8 Å². The van der Waals surface area contributed by atoms with Crippen molar-refractivity contribution in [1.29, 1.82) is 0 Å². The molecule has 1 aromatic heterocycles. The molecule has 0 spiro atoms. The van der Waals surface area contributed by atoms with E-state index in [2.05, 4.69) is 29.6 Å². The number of ether oxygens (including phenoxy) is 2. The van der Waals surface area contributed by atoms with Crippen LogP contribution in [0, 0.1) is 0 Å². The van der Waals surface area contributed by atoms with Crippen molar-refractivity contribution in [1.82, 2.24) is 15.1 Å². The maximum atomic E-state index is 5.80. The lowest BCUT2D eigenvalue weighted by Crippen LogP contribution is -2.14. The molecule has 0 bridgehead atoms. The molecule has 1 aromatic carbocycles. The molecular weight excluding hydrogens is 290 g/mol. The minimum Gasteiger partial charge on any atom is -0.490 e. The molecule has 0 saturated heterocycles. The maximum absolute atomic E-state index is 5.80. The van der Waals surface area contributed by atoms with Gasteiger partial charge in [0.05, 0.1) is 18.9 Å². The number of rotatable bonds is 6. The van der Waals surface area contributed by atoms with Crippen molar-refractivity contribution in [2.45, 2.75) is 32.7 Å². The summed E-state index contributed by atoms with van der Waals surface area (Å²) in [6.45, 7) is 5.48. The Morgan fingerprint density at radius 3 is 2.87 bits per heavy atom. The Morgan fingerprint density at radius 2 is 2.04 bits per heavy atom. The van der Waals surface area contributed by atoms with Crippen molar-refractivity contribution >= 4 is 0 Å². The van der Waals surface area contributed by atoms with Gasteiger partial charge < -0.3 is 14.8 Å². The lowest BCUT2D eigenvalue weighted by atomic mass is 10.1. The molecule has 1 N–H and O–H groups in total. The first-order valence-electron chi connectivity index (χ1n) is 8.41. The predicted molar refractivity (Wildman–Crippen MR) is 90.9 cm³/mol. The number of hydrogen-bond donors (Lipinski definition) is 1. The second-order valence-corrected chi connectivity index (χ2v) is 5.92. The number of nitrogens with zero attached hydrogens (tertiary/aromatic N) is 2. The third-order valence-corrected chi connectivity index (χ3v) is 3.95. The molecular formula is C18H25N3O2. The van der Waals surface area contributed by atoms with Crippen molar-refractivity contribution in [3.63, 3.8) is 0 Å². The summed E-state index contributed by atoms with van der Waals surface area (Å²) in [5, 5.41) is 8.12. The summed E-state index contributed by atoms with van der Waals surface area (Å²) in [7, 11) is 1.96. The molecule has 0 saturated carbocycles. The third kappa shape index (κ3) is 3.85. The van der Waals surface area contributed by atoms with Gasteiger partial charge >= 0.3 is 0 Å². The van der Waals surface area contributed by atoms with E-state index in [0.29, 0.717) is 13.2 Å². The van der Waals surface area contributed by atoms with E-state index in [0.717, 1.165) is 42.3 Å². The average molecular weight is 315 g/mol. The third-order valence-electron chi connectivity index (χ3n) is 3.95. The fraction of sp³-hybridized carbons (Fsp3) is 0.500. The highest BCUT2D eigenvalue weighted by atomic mass is 16.5. The van der Waals surface area contributed by atoms with Gasteiger partial charge in [0, 0.05) is 37.3 Å². The van der Waals surface area contributed by atoms with Crippen LogP contribution in [0.25, 0.3) is 11.3 Å². The van der Waals surface area contributed by atoms with Crippen LogP contribution in [0.1, 0.15) is 31.7 Å². The Labute approximate surface area is 137 Å². The minimum atomic E-state index is 0.699. The standard InChI is InChI=1S/C18H25N3O2/c1-3-4-8-19-12-15-13-21(2)20-18(15)14-6-7-16-17(11-14)23-10-5-9-22-16/h6-7,11,13,19H,3-5,8-10,12H2,1-2H3. The fourth-order valence-corrected chi connectivity index (χ4v) is 2.75. The van der Waals surface area contributed by atoms with Crippen LogP contribution in [0.2, 0.25) is 0 Å². The van der Waals surface area contributed by atoms with Gasteiger partial charge in [0.1, 0.15) is 0 Å². The molecule has 2 heterocycles. The van der Waals surface area contributed by atoms with Crippen LogP contribution in [0.3, 0.4) is 0 Å². The molecule has 23 heavy (non-hydrogen) atoms. The molecule has 0 amide bonds. The zero-order valence-electron chi connectivity index (χ0n) is 14.0. The summed E-state index contributed by atoms with van der Waals surface area (Å²) in [5.74, 6) is 1.64. The van der Waals surface area contributed by atoms with E-state index in [9.17, 15) is 0 Å². The number of aryl methyl sites for hydroxylation is 1. The van der Waals surface area contributed by atoms with Gasteiger partial charge in [0.15, 0.2) is 11.5 Å². The molecule has 1 aliphatic heterocycles. The van der Waals surface area contributed by atoms with E-state index in [1.165, 1.54) is 18.4 Å². The van der Waals surface area contributed by atoms with E-state index in [1.807, 2.05) is 23.9 Å². The average Bonchev–Trinajstić information content (AvgIpc) is 2.78. The molecule has 5 nitrogen and oxygen atoms in total. The summed E-state index contributed by atoms with van der Waals surface area (Å²) in [6.07, 6.45) is 5.40. The second kappa shape index (κ2) is 7.51. The number of aromatic nitrogens is 2. The molecule has 0 atom stereocenters. The van der Waals surface area contributed by atoms with E-state index in [-0.39, 0.29) is 0 Å². The molecule has 2 aromatic rings. The second-order valence-electron chi connectivity index (χ2n) is 5.92. The normalized spacial score (nSPS) is 13.8. The highest BCUT2D eigenvalue weighted by Gasteiger charge is 2.15. The number of unbranched alkanes of at least 4 members (excludes halogenated alkanes) is 1. The van der Waals surface area contributed by atoms with Crippen molar-refractivity contribution in [3.8, 4) is 22.8 Å². The first-order chi connectivity index (χ1) is 11.3. The van der Waals surface area contributed by atoms with Gasteiger partial charge in [-0.3, -0.25) is 4.68 Å². The Hall–Kier alpha value is -2.01. The first kappa shape index (κ1) is 15.9. The van der Waals surface area contributed by atoms with Crippen LogP contribution in [0.4, 0.5) is 0 Å². The van der Waals surface area contributed by atoms with Gasteiger partial charge in [-0.05, 0) is 31.2 Å². The molecule has 0 aliphatic carbocycles. The highest BCUT2D eigenvalue weighted by Crippen LogP contribution is 2.34.